The van der Waals surface area contributed by atoms with E-state index in [9.17, 15) is 4.79 Å². The molecule has 2 rings (SSSR count). The maximum atomic E-state index is 12.0. The molecule has 1 aliphatic heterocycles. The summed E-state index contributed by atoms with van der Waals surface area (Å²) in [6, 6.07) is 3.96. The van der Waals surface area contributed by atoms with E-state index in [2.05, 4.69) is 18.3 Å². The van der Waals surface area contributed by atoms with Crippen LogP contribution in [-0.4, -0.2) is 30.9 Å². The fraction of sp³-hybridized carbons (Fsp3) is 0.500. The molecule has 0 aliphatic carbocycles. The molecule has 1 amide bonds. The second kappa shape index (κ2) is 7.19. The van der Waals surface area contributed by atoms with E-state index < -0.39 is 0 Å². The third-order valence-electron chi connectivity index (χ3n) is 4.25. The highest BCUT2D eigenvalue weighted by Crippen LogP contribution is 2.28. The largest absolute Gasteiger partial charge is 0.388 e. The topological polar surface area (TPSA) is 32.3 Å². The molecule has 1 saturated heterocycles. The molecule has 22 heavy (non-hydrogen) atoms. The van der Waals surface area contributed by atoms with Crippen molar-refractivity contribution in [3.8, 4) is 0 Å². The van der Waals surface area contributed by atoms with Crippen molar-refractivity contribution in [3.05, 3.63) is 33.9 Å². The number of piperidine rings is 1. The Morgan fingerprint density at radius 2 is 1.95 bits per heavy atom. The smallest absolute Gasteiger partial charge is 0.225 e. The Morgan fingerprint density at radius 3 is 2.50 bits per heavy atom. The second-order valence-electron chi connectivity index (χ2n) is 6.20. The standard InChI is InChI=1S/C18H25ClN2O/c1-12(2)18(22)21-7-5-14(6-8-21)9-15-10-16(19)11-17(20-4)13(15)3/h9-12,20H,5-8H2,1-4H3. The number of hydrogen-bond acceptors (Lipinski definition) is 2. The lowest BCUT2D eigenvalue weighted by atomic mass is 9.97. The average Bonchev–Trinajstić information content (AvgIpc) is 2.50. The number of halogens is 1. The van der Waals surface area contributed by atoms with Crippen molar-refractivity contribution in [2.75, 3.05) is 25.5 Å². The molecule has 1 fully saturated rings. The average molecular weight is 321 g/mol. The van der Waals surface area contributed by atoms with E-state index in [0.29, 0.717) is 0 Å². The van der Waals surface area contributed by atoms with E-state index in [1.165, 1.54) is 11.1 Å². The molecule has 1 heterocycles. The van der Waals surface area contributed by atoms with Crippen molar-refractivity contribution in [3.63, 3.8) is 0 Å². The van der Waals surface area contributed by atoms with Gasteiger partial charge >= 0.3 is 0 Å². The molecule has 3 nitrogen and oxygen atoms in total. The fourth-order valence-electron chi connectivity index (χ4n) is 2.85. The number of hydrogen-bond donors (Lipinski definition) is 1. The summed E-state index contributed by atoms with van der Waals surface area (Å²) in [6.07, 6.45) is 4.12. The minimum Gasteiger partial charge on any atom is -0.388 e. The van der Waals surface area contributed by atoms with E-state index >= 15 is 0 Å². The molecule has 0 saturated carbocycles. The van der Waals surface area contributed by atoms with Gasteiger partial charge in [-0.25, -0.2) is 0 Å². The Hall–Kier alpha value is -1.48. The molecule has 0 spiro atoms. The van der Waals surface area contributed by atoms with Crippen molar-refractivity contribution in [1.82, 2.24) is 4.90 Å². The summed E-state index contributed by atoms with van der Waals surface area (Å²) in [6.45, 7) is 7.67. The van der Waals surface area contributed by atoms with Gasteiger partial charge in [0, 0.05) is 36.8 Å². The molecule has 0 atom stereocenters. The van der Waals surface area contributed by atoms with Gasteiger partial charge in [-0.15, -0.1) is 0 Å². The highest BCUT2D eigenvalue weighted by Gasteiger charge is 2.21. The zero-order valence-electron chi connectivity index (χ0n) is 13.9. The Balaban J connectivity index is 2.13. The third-order valence-corrected chi connectivity index (χ3v) is 4.47. The number of rotatable bonds is 3. The Morgan fingerprint density at radius 1 is 1.32 bits per heavy atom. The van der Waals surface area contributed by atoms with Crippen LogP contribution in [0.2, 0.25) is 5.02 Å². The Bertz CT molecular complexity index is 583. The van der Waals surface area contributed by atoms with Gasteiger partial charge < -0.3 is 10.2 Å². The first-order valence-corrected chi connectivity index (χ1v) is 8.26. The summed E-state index contributed by atoms with van der Waals surface area (Å²) >= 11 is 6.20. The molecule has 1 aromatic carbocycles. The van der Waals surface area contributed by atoms with E-state index in [-0.39, 0.29) is 11.8 Å². The monoisotopic (exact) mass is 320 g/mol. The number of likely N-dealkylation sites (tertiary alicyclic amines) is 1. The highest BCUT2D eigenvalue weighted by atomic mass is 35.5. The van der Waals surface area contributed by atoms with Gasteiger partial charge in [0.25, 0.3) is 0 Å². The van der Waals surface area contributed by atoms with Crippen molar-refractivity contribution < 1.29 is 4.79 Å². The van der Waals surface area contributed by atoms with E-state index in [1.54, 1.807) is 0 Å². The summed E-state index contributed by atoms with van der Waals surface area (Å²) in [4.78, 5) is 14.0. The predicted octanol–water partition coefficient (Wildman–Crippen LogP) is 4.35. The molecule has 1 aliphatic rings. The van der Waals surface area contributed by atoms with E-state index in [4.69, 9.17) is 11.6 Å². The Kier molecular flexibility index (Phi) is 5.52. The van der Waals surface area contributed by atoms with Gasteiger partial charge in [0.15, 0.2) is 0 Å². The Labute approximate surface area is 138 Å². The van der Waals surface area contributed by atoms with Crippen LogP contribution in [0.15, 0.2) is 17.7 Å². The van der Waals surface area contributed by atoms with Gasteiger partial charge in [0.1, 0.15) is 0 Å². The molecule has 4 heteroatoms. The minimum atomic E-state index is 0.0823. The number of nitrogens with one attached hydrogen (secondary N) is 1. The van der Waals surface area contributed by atoms with Gasteiger partial charge in [-0.1, -0.05) is 37.1 Å². The maximum Gasteiger partial charge on any atom is 0.225 e. The van der Waals surface area contributed by atoms with Crippen LogP contribution in [0.5, 0.6) is 0 Å². The van der Waals surface area contributed by atoms with Crippen LogP contribution < -0.4 is 5.32 Å². The molecule has 1 aromatic rings. The van der Waals surface area contributed by atoms with Gasteiger partial charge in [-0.05, 0) is 43.0 Å². The SMILES string of the molecule is CNc1cc(Cl)cc(C=C2CCN(C(=O)C(C)C)CC2)c1C. The number of anilines is 1. The third kappa shape index (κ3) is 3.83. The first kappa shape index (κ1) is 16.9. The zero-order chi connectivity index (χ0) is 16.3. The molecule has 0 radical (unpaired) electrons. The maximum absolute atomic E-state index is 12.0. The van der Waals surface area contributed by atoms with Crippen molar-refractivity contribution in [2.24, 2.45) is 5.92 Å². The minimum absolute atomic E-state index is 0.0823. The van der Waals surface area contributed by atoms with Crippen molar-refractivity contribution in [2.45, 2.75) is 33.6 Å². The molecule has 0 aromatic heterocycles. The van der Waals surface area contributed by atoms with Crippen LogP contribution in [0.1, 0.15) is 37.8 Å². The number of amides is 1. The van der Waals surface area contributed by atoms with Crippen molar-refractivity contribution >= 4 is 29.3 Å². The van der Waals surface area contributed by atoms with Gasteiger partial charge in [-0.3, -0.25) is 4.79 Å². The summed E-state index contributed by atoms with van der Waals surface area (Å²) in [7, 11) is 1.91. The summed E-state index contributed by atoms with van der Waals surface area (Å²) in [5.41, 5.74) is 4.82. The van der Waals surface area contributed by atoms with Crippen LogP contribution in [0.4, 0.5) is 5.69 Å². The highest BCUT2D eigenvalue weighted by molar-refractivity contribution is 6.31. The lowest BCUT2D eigenvalue weighted by molar-refractivity contribution is -0.134. The summed E-state index contributed by atoms with van der Waals surface area (Å²) in [5.74, 6) is 0.342. The van der Waals surface area contributed by atoms with Crippen LogP contribution in [0.25, 0.3) is 6.08 Å². The molecular weight excluding hydrogens is 296 g/mol. The number of carbonyl (C=O) groups excluding carboxylic acids is 1. The van der Waals surface area contributed by atoms with Gasteiger partial charge in [-0.2, -0.15) is 0 Å². The normalized spacial score (nSPS) is 15.2. The summed E-state index contributed by atoms with van der Waals surface area (Å²) < 4.78 is 0. The van der Waals surface area contributed by atoms with E-state index in [1.807, 2.05) is 37.9 Å². The lowest BCUT2D eigenvalue weighted by Crippen LogP contribution is -2.38. The van der Waals surface area contributed by atoms with Crippen LogP contribution in [-0.2, 0) is 4.79 Å². The summed E-state index contributed by atoms with van der Waals surface area (Å²) in [5, 5.41) is 3.93. The van der Waals surface area contributed by atoms with Gasteiger partial charge in [0.05, 0.1) is 0 Å². The molecule has 0 bridgehead atoms. The molecule has 120 valence electrons. The fourth-order valence-corrected chi connectivity index (χ4v) is 3.08. The first-order valence-electron chi connectivity index (χ1n) is 7.88. The lowest BCUT2D eigenvalue weighted by Gasteiger charge is -2.30. The van der Waals surface area contributed by atoms with E-state index in [0.717, 1.165) is 42.2 Å². The van der Waals surface area contributed by atoms with Crippen LogP contribution >= 0.6 is 11.6 Å². The first-order chi connectivity index (χ1) is 10.4. The van der Waals surface area contributed by atoms with Crippen molar-refractivity contribution in [1.29, 1.82) is 0 Å². The van der Waals surface area contributed by atoms with Crippen LogP contribution in [0, 0.1) is 12.8 Å². The quantitative estimate of drug-likeness (QED) is 0.898. The number of carbonyl (C=O) groups is 1. The predicted molar refractivity (Wildman–Crippen MR) is 94.4 cm³/mol. The number of nitrogens with zero attached hydrogens (tertiary/aromatic N) is 1. The molecular formula is C18H25ClN2O. The molecule has 0 unspecified atom stereocenters. The van der Waals surface area contributed by atoms with Crippen LogP contribution in [0.3, 0.4) is 0 Å². The molecule has 1 N–H and O–H groups in total. The number of benzene rings is 1. The second-order valence-corrected chi connectivity index (χ2v) is 6.64. The van der Waals surface area contributed by atoms with Gasteiger partial charge in [0.2, 0.25) is 5.91 Å². The zero-order valence-corrected chi connectivity index (χ0v) is 14.6.